The minimum absolute atomic E-state index is 0.0790. The van der Waals surface area contributed by atoms with E-state index >= 15 is 0 Å². The van der Waals surface area contributed by atoms with Gasteiger partial charge in [0.05, 0.1) is 35.7 Å². The van der Waals surface area contributed by atoms with E-state index in [1.807, 2.05) is 0 Å². The third kappa shape index (κ3) is 5.25. The van der Waals surface area contributed by atoms with Crippen molar-refractivity contribution in [3.63, 3.8) is 0 Å². The van der Waals surface area contributed by atoms with E-state index in [2.05, 4.69) is 14.7 Å². The van der Waals surface area contributed by atoms with Crippen LogP contribution in [0.2, 0.25) is 10.0 Å². The van der Waals surface area contributed by atoms with Crippen molar-refractivity contribution in [3.8, 4) is 11.1 Å². The highest BCUT2D eigenvalue weighted by Gasteiger charge is 2.20. The Morgan fingerprint density at radius 2 is 1.53 bits per heavy atom. The van der Waals surface area contributed by atoms with Gasteiger partial charge >= 0.3 is 11.9 Å². The Balaban J connectivity index is 0.000000248. The summed E-state index contributed by atoms with van der Waals surface area (Å²) >= 11 is 10.9. The lowest BCUT2D eigenvalue weighted by Gasteiger charge is -2.09. The Morgan fingerprint density at radius 3 is 2.07 bits per heavy atom. The monoisotopic (exact) mass is 458 g/mol. The molecule has 0 atom stereocenters. The fourth-order valence-electron chi connectivity index (χ4n) is 2.23. The average molecular weight is 459 g/mol. The number of benzene rings is 1. The highest BCUT2D eigenvalue weighted by Crippen LogP contribution is 2.30. The fourth-order valence-corrected chi connectivity index (χ4v) is 2.57. The van der Waals surface area contributed by atoms with Gasteiger partial charge in [-0.1, -0.05) is 23.2 Å². The van der Waals surface area contributed by atoms with Crippen LogP contribution in [0, 0.1) is 17.5 Å². The summed E-state index contributed by atoms with van der Waals surface area (Å²) in [5, 5.41) is 8.17. The molecule has 0 saturated heterocycles. The molecule has 0 bridgehead atoms. The molecule has 0 amide bonds. The van der Waals surface area contributed by atoms with E-state index in [9.17, 15) is 22.8 Å². The second-order valence-corrected chi connectivity index (χ2v) is 6.26. The summed E-state index contributed by atoms with van der Waals surface area (Å²) in [5.41, 5.74) is -0.754. The van der Waals surface area contributed by atoms with Gasteiger partial charge in [0.25, 0.3) is 0 Å². The first-order valence-electron chi connectivity index (χ1n) is 7.86. The van der Waals surface area contributed by atoms with Gasteiger partial charge in [0.2, 0.25) is 0 Å². The maximum absolute atomic E-state index is 13.8. The number of carbonyl (C=O) groups excluding carboxylic acids is 1. The number of rotatable bonds is 3. The molecule has 0 fully saturated rings. The van der Waals surface area contributed by atoms with Crippen molar-refractivity contribution in [3.05, 3.63) is 81.6 Å². The standard InChI is InChI=1S/C13H8ClF2NO2.C6H3ClFNO2/c1-19-13(18)9-5-17-6-11(16)12(9)8-3-2-7(14)4-10(8)15;7-5-3(6(10)11)1-9-2-4(5)8/h2-6H,1H3;1-2H,(H,10,11). The molecule has 0 aliphatic carbocycles. The Bertz CT molecular complexity index is 1110. The van der Waals surface area contributed by atoms with Crippen molar-refractivity contribution in [1.82, 2.24) is 9.97 Å². The molecule has 3 aromatic rings. The van der Waals surface area contributed by atoms with Crippen molar-refractivity contribution in [1.29, 1.82) is 0 Å². The molecule has 156 valence electrons. The smallest absolute Gasteiger partial charge is 0.340 e. The number of methoxy groups -OCH3 is 1. The summed E-state index contributed by atoms with van der Waals surface area (Å²) < 4.78 is 44.7. The highest BCUT2D eigenvalue weighted by molar-refractivity contribution is 6.33. The number of aromatic nitrogens is 2. The molecule has 2 aromatic heterocycles. The molecule has 11 heteroatoms. The molecule has 0 aliphatic rings. The molecular formula is C19H11Cl2F3N2O4. The number of carboxylic acid groups (broad SMARTS) is 1. The minimum atomic E-state index is -1.29. The van der Waals surface area contributed by atoms with Gasteiger partial charge in [-0.25, -0.2) is 22.8 Å². The van der Waals surface area contributed by atoms with Crippen LogP contribution in [-0.4, -0.2) is 34.1 Å². The molecule has 0 radical (unpaired) electrons. The summed E-state index contributed by atoms with van der Waals surface area (Å²) in [5.74, 6) is -4.46. The number of esters is 1. The van der Waals surface area contributed by atoms with E-state index in [0.717, 1.165) is 38.0 Å². The Morgan fingerprint density at radius 1 is 0.933 bits per heavy atom. The number of hydrogen-bond donors (Lipinski definition) is 1. The summed E-state index contributed by atoms with van der Waals surface area (Å²) in [4.78, 5) is 28.7. The van der Waals surface area contributed by atoms with Crippen molar-refractivity contribution in [2.75, 3.05) is 7.11 Å². The molecule has 0 unspecified atom stereocenters. The fraction of sp³-hybridized carbons (Fsp3) is 0.0526. The predicted octanol–water partition coefficient (Wildman–Crippen LogP) is 5.04. The first-order chi connectivity index (χ1) is 14.2. The molecule has 1 aromatic carbocycles. The third-order valence-corrected chi connectivity index (χ3v) is 4.19. The van der Waals surface area contributed by atoms with Gasteiger partial charge in [-0.2, -0.15) is 0 Å². The quantitative estimate of drug-likeness (QED) is 0.553. The second kappa shape index (κ2) is 10.0. The molecule has 2 heterocycles. The minimum Gasteiger partial charge on any atom is -0.478 e. The van der Waals surface area contributed by atoms with E-state index in [4.69, 9.17) is 28.3 Å². The molecule has 30 heavy (non-hydrogen) atoms. The van der Waals surface area contributed by atoms with Crippen molar-refractivity contribution < 1.29 is 32.6 Å². The van der Waals surface area contributed by atoms with E-state index in [-0.39, 0.29) is 27.3 Å². The zero-order chi connectivity index (χ0) is 22.4. The number of pyridine rings is 2. The maximum atomic E-state index is 13.8. The zero-order valence-corrected chi connectivity index (χ0v) is 16.5. The summed E-state index contributed by atoms with van der Waals surface area (Å²) in [7, 11) is 1.15. The van der Waals surface area contributed by atoms with Crippen molar-refractivity contribution >= 4 is 35.1 Å². The maximum Gasteiger partial charge on any atom is 0.340 e. The van der Waals surface area contributed by atoms with Crippen LogP contribution < -0.4 is 0 Å². The molecule has 0 saturated carbocycles. The van der Waals surface area contributed by atoms with Gasteiger partial charge in [-0.05, 0) is 18.2 Å². The van der Waals surface area contributed by atoms with Crippen LogP contribution in [0.3, 0.4) is 0 Å². The average Bonchev–Trinajstić information content (AvgIpc) is 2.70. The number of carbonyl (C=O) groups is 2. The molecule has 1 N–H and O–H groups in total. The van der Waals surface area contributed by atoms with Gasteiger partial charge in [0.15, 0.2) is 5.82 Å². The number of ether oxygens (including phenoxy) is 1. The van der Waals surface area contributed by atoms with Crippen molar-refractivity contribution in [2.24, 2.45) is 0 Å². The first-order valence-corrected chi connectivity index (χ1v) is 8.62. The van der Waals surface area contributed by atoms with Crippen LogP contribution in [0.5, 0.6) is 0 Å². The van der Waals surface area contributed by atoms with Gasteiger partial charge in [-0.15, -0.1) is 0 Å². The van der Waals surface area contributed by atoms with E-state index in [1.54, 1.807) is 0 Å². The van der Waals surface area contributed by atoms with Crippen LogP contribution >= 0.6 is 23.2 Å². The van der Waals surface area contributed by atoms with Crippen LogP contribution in [0.1, 0.15) is 20.7 Å². The Kier molecular flexibility index (Phi) is 7.73. The van der Waals surface area contributed by atoms with Crippen LogP contribution in [0.4, 0.5) is 13.2 Å². The lowest BCUT2D eigenvalue weighted by atomic mass is 10.0. The summed E-state index contributed by atoms with van der Waals surface area (Å²) in [6, 6.07) is 3.74. The number of carboxylic acids is 1. The summed E-state index contributed by atoms with van der Waals surface area (Å²) in [6.07, 6.45) is 3.87. The van der Waals surface area contributed by atoms with Gasteiger partial charge < -0.3 is 9.84 Å². The van der Waals surface area contributed by atoms with E-state index in [1.165, 1.54) is 12.1 Å². The normalized spacial score (nSPS) is 10.1. The Labute approximate surface area is 177 Å². The first kappa shape index (κ1) is 23.1. The SMILES string of the molecule is COC(=O)c1cncc(F)c1-c1ccc(Cl)cc1F.O=C(O)c1cncc(F)c1Cl. The van der Waals surface area contributed by atoms with Crippen LogP contribution in [0.25, 0.3) is 11.1 Å². The molecule has 0 aliphatic heterocycles. The largest absolute Gasteiger partial charge is 0.478 e. The third-order valence-electron chi connectivity index (χ3n) is 3.57. The number of hydrogen-bond acceptors (Lipinski definition) is 5. The topological polar surface area (TPSA) is 89.4 Å². The zero-order valence-electron chi connectivity index (χ0n) is 15.0. The van der Waals surface area contributed by atoms with Gasteiger partial charge in [0, 0.05) is 28.5 Å². The summed E-state index contributed by atoms with van der Waals surface area (Å²) in [6.45, 7) is 0. The van der Waals surface area contributed by atoms with E-state index in [0.29, 0.717) is 0 Å². The van der Waals surface area contributed by atoms with E-state index < -0.39 is 34.4 Å². The Hall–Kier alpha value is -3.17. The number of nitrogens with zero attached hydrogens (tertiary/aromatic N) is 2. The number of aromatic carboxylic acids is 1. The molecule has 3 rings (SSSR count). The van der Waals surface area contributed by atoms with Crippen LogP contribution in [0.15, 0.2) is 43.0 Å². The number of halogens is 5. The van der Waals surface area contributed by atoms with Crippen LogP contribution in [-0.2, 0) is 4.74 Å². The van der Waals surface area contributed by atoms with Crippen molar-refractivity contribution in [2.45, 2.75) is 0 Å². The molecular weight excluding hydrogens is 448 g/mol. The lowest BCUT2D eigenvalue weighted by molar-refractivity contribution is 0.0599. The predicted molar refractivity (Wildman–Crippen MR) is 102 cm³/mol. The highest BCUT2D eigenvalue weighted by atomic mass is 35.5. The lowest BCUT2D eigenvalue weighted by Crippen LogP contribution is -2.06. The molecule has 6 nitrogen and oxygen atoms in total. The molecule has 0 spiro atoms. The van der Waals surface area contributed by atoms with Gasteiger partial charge in [-0.3, -0.25) is 9.97 Å². The second-order valence-electron chi connectivity index (χ2n) is 5.45. The van der Waals surface area contributed by atoms with Gasteiger partial charge in [0.1, 0.15) is 11.6 Å².